The van der Waals surface area contributed by atoms with Gasteiger partial charge in [0.25, 0.3) is 0 Å². The number of allylic oxidation sites excluding steroid dienone is 2. The van der Waals surface area contributed by atoms with Crippen molar-refractivity contribution in [2.24, 2.45) is 5.73 Å². The quantitative estimate of drug-likeness (QED) is 0.402. The van der Waals surface area contributed by atoms with Crippen LogP contribution in [0, 0.1) is 0 Å². The maximum atomic E-state index is 6.23. The Morgan fingerprint density at radius 2 is 2.12 bits per heavy atom. The van der Waals surface area contributed by atoms with Gasteiger partial charge >= 0.3 is 0 Å². The first-order valence-electron chi connectivity index (χ1n) is 7.59. The van der Waals surface area contributed by atoms with Crippen LogP contribution in [0.2, 0.25) is 0 Å². The number of pyridine rings is 1. The highest BCUT2D eigenvalue weighted by Crippen LogP contribution is 2.19. The summed E-state index contributed by atoms with van der Waals surface area (Å²) >= 11 is 0. The monoisotopic (exact) mass is 335 g/mol. The number of nitrogens with zero attached hydrogens (tertiary/aromatic N) is 2. The fraction of sp³-hybridized carbons (Fsp3) is 0.0556. The zero-order chi connectivity index (χ0) is 17.8. The molecule has 0 saturated carbocycles. The number of H-pyrrole nitrogens is 1. The van der Waals surface area contributed by atoms with Gasteiger partial charge in [-0.3, -0.25) is 5.41 Å². The Bertz CT molecular complexity index is 969. The molecule has 3 aromatic rings. The number of methoxy groups -OCH3 is 1. The van der Waals surface area contributed by atoms with E-state index in [1.807, 2.05) is 30.3 Å². The van der Waals surface area contributed by atoms with E-state index >= 15 is 0 Å². The van der Waals surface area contributed by atoms with Gasteiger partial charge in [-0.1, -0.05) is 6.08 Å². The number of nitrogens with two attached hydrogens (primary N) is 3. The molecule has 1 aromatic carbocycles. The SMILES string of the molecule is COc1ccc2nc(C(=[NH2+])C(=C\N)/C=C/c3ccc(N)nc3)[nH]c2c1. The van der Waals surface area contributed by atoms with E-state index in [0.29, 0.717) is 22.9 Å². The van der Waals surface area contributed by atoms with E-state index in [0.717, 1.165) is 22.3 Å². The maximum Gasteiger partial charge on any atom is 0.248 e. The summed E-state index contributed by atoms with van der Waals surface area (Å²) in [5.74, 6) is 1.75. The molecule has 0 spiro atoms. The number of hydrogen-bond donors (Lipinski definition) is 4. The first-order chi connectivity index (χ1) is 12.1. The third-order valence-corrected chi connectivity index (χ3v) is 3.70. The molecule has 2 aromatic heterocycles. The normalized spacial score (nSPS) is 12.0. The molecule has 0 amide bonds. The van der Waals surface area contributed by atoms with Crippen molar-refractivity contribution in [2.45, 2.75) is 0 Å². The molecule has 7 nitrogen and oxygen atoms in total. The number of rotatable bonds is 5. The zero-order valence-electron chi connectivity index (χ0n) is 13.7. The first-order valence-corrected chi connectivity index (χ1v) is 7.59. The molecule has 3 rings (SSSR count). The third-order valence-electron chi connectivity index (χ3n) is 3.70. The number of fused-ring (bicyclic) bond motifs is 1. The predicted octanol–water partition coefficient (Wildman–Crippen LogP) is 0.653. The fourth-order valence-electron chi connectivity index (χ4n) is 2.32. The van der Waals surface area contributed by atoms with E-state index in [9.17, 15) is 0 Å². The van der Waals surface area contributed by atoms with Crippen molar-refractivity contribution < 1.29 is 10.1 Å². The van der Waals surface area contributed by atoms with Crippen LogP contribution in [0.4, 0.5) is 5.82 Å². The number of imidazole rings is 1. The second-order valence-electron chi connectivity index (χ2n) is 5.35. The predicted molar refractivity (Wildman–Crippen MR) is 98.6 cm³/mol. The van der Waals surface area contributed by atoms with Crippen LogP contribution in [0.1, 0.15) is 11.4 Å². The molecule has 0 unspecified atom stereocenters. The second-order valence-corrected chi connectivity index (χ2v) is 5.35. The van der Waals surface area contributed by atoms with Crippen LogP contribution in [-0.2, 0) is 0 Å². The highest BCUT2D eigenvalue weighted by Gasteiger charge is 2.16. The number of aromatic amines is 1. The van der Waals surface area contributed by atoms with Gasteiger partial charge in [-0.2, -0.15) is 0 Å². The Labute approximate surface area is 144 Å². The van der Waals surface area contributed by atoms with Gasteiger partial charge in [0.15, 0.2) is 0 Å². The van der Waals surface area contributed by atoms with E-state index in [4.69, 9.17) is 21.6 Å². The van der Waals surface area contributed by atoms with Gasteiger partial charge in [0.1, 0.15) is 11.6 Å². The first kappa shape index (κ1) is 16.3. The lowest BCUT2D eigenvalue weighted by Gasteiger charge is -1.97. The molecule has 0 atom stereocenters. The maximum absolute atomic E-state index is 6.23. The molecule has 25 heavy (non-hydrogen) atoms. The van der Waals surface area contributed by atoms with Crippen LogP contribution < -0.4 is 21.6 Å². The third kappa shape index (κ3) is 3.50. The van der Waals surface area contributed by atoms with Crippen LogP contribution in [0.15, 0.2) is 54.4 Å². The molecule has 0 aliphatic heterocycles. The van der Waals surface area contributed by atoms with Gasteiger partial charge in [-0.05, 0) is 35.9 Å². The van der Waals surface area contributed by atoms with E-state index in [-0.39, 0.29) is 0 Å². The largest absolute Gasteiger partial charge is 0.497 e. The molecular formula is C18H19N6O+. The molecule has 0 bridgehead atoms. The number of ether oxygens (including phenoxy) is 1. The standard InChI is InChI=1S/C18H18N6O/c1-25-13-5-6-14-15(8-13)24-18(23-14)17(21)12(9-19)4-2-11-3-7-16(20)22-10-11/h2-10,21H,19H2,1H3,(H2,20,22)(H,23,24)/p+1/b4-2+,12-9-,21-17?. The van der Waals surface area contributed by atoms with Crippen molar-refractivity contribution in [1.82, 2.24) is 15.0 Å². The molecule has 7 heteroatoms. The Kier molecular flexibility index (Phi) is 4.47. The average Bonchev–Trinajstić information content (AvgIpc) is 3.06. The molecule has 0 radical (unpaired) electrons. The van der Waals surface area contributed by atoms with Crippen LogP contribution >= 0.6 is 0 Å². The summed E-state index contributed by atoms with van der Waals surface area (Å²) in [6.45, 7) is 0. The highest BCUT2D eigenvalue weighted by atomic mass is 16.5. The number of nitrogens with one attached hydrogen (secondary N) is 1. The van der Waals surface area contributed by atoms with Crippen LogP contribution in [0.3, 0.4) is 0 Å². The van der Waals surface area contributed by atoms with E-state index in [2.05, 4.69) is 15.0 Å². The van der Waals surface area contributed by atoms with E-state index in [1.54, 1.807) is 25.4 Å². The lowest BCUT2D eigenvalue weighted by molar-refractivity contribution is -0.112. The summed E-state index contributed by atoms with van der Waals surface area (Å²) in [5.41, 5.74) is 14.9. The van der Waals surface area contributed by atoms with E-state index < -0.39 is 0 Å². The molecule has 2 heterocycles. The number of anilines is 1. The second kappa shape index (κ2) is 6.88. The lowest BCUT2D eigenvalue weighted by atomic mass is 10.1. The minimum absolute atomic E-state index is 0.442. The lowest BCUT2D eigenvalue weighted by Crippen LogP contribution is -2.42. The number of nitrogen functional groups attached to an aromatic ring is 1. The molecule has 0 saturated heterocycles. The Hall–Kier alpha value is -3.61. The summed E-state index contributed by atoms with van der Waals surface area (Å²) in [6.07, 6.45) is 6.76. The number of benzene rings is 1. The fourth-order valence-corrected chi connectivity index (χ4v) is 2.32. The molecule has 0 aliphatic carbocycles. The van der Waals surface area contributed by atoms with Gasteiger partial charge in [0.05, 0.1) is 23.7 Å². The van der Waals surface area contributed by atoms with Crippen molar-refractivity contribution in [2.75, 3.05) is 12.8 Å². The van der Waals surface area contributed by atoms with E-state index in [1.165, 1.54) is 6.20 Å². The highest BCUT2D eigenvalue weighted by molar-refractivity contribution is 6.09. The van der Waals surface area contributed by atoms with Crippen molar-refractivity contribution >= 4 is 28.6 Å². The zero-order valence-corrected chi connectivity index (χ0v) is 13.7. The number of hydrogen-bond acceptors (Lipinski definition) is 5. The van der Waals surface area contributed by atoms with Gasteiger partial charge in [0, 0.05) is 18.5 Å². The molecule has 0 fully saturated rings. The van der Waals surface area contributed by atoms with Crippen molar-refractivity contribution in [1.29, 1.82) is 0 Å². The van der Waals surface area contributed by atoms with Crippen LogP contribution in [-0.4, -0.2) is 27.8 Å². The summed E-state index contributed by atoms with van der Waals surface area (Å²) in [7, 11) is 1.62. The summed E-state index contributed by atoms with van der Waals surface area (Å²) < 4.78 is 5.21. The minimum Gasteiger partial charge on any atom is -0.497 e. The van der Waals surface area contributed by atoms with Gasteiger partial charge < -0.3 is 21.2 Å². The van der Waals surface area contributed by atoms with Crippen molar-refractivity contribution in [3.63, 3.8) is 0 Å². The van der Waals surface area contributed by atoms with Gasteiger partial charge in [0.2, 0.25) is 11.5 Å². The smallest absolute Gasteiger partial charge is 0.248 e. The molecule has 0 aliphatic rings. The molecule has 7 N–H and O–H groups in total. The van der Waals surface area contributed by atoms with Crippen LogP contribution in [0.5, 0.6) is 5.75 Å². The Balaban J connectivity index is 1.86. The minimum atomic E-state index is 0.442. The summed E-state index contributed by atoms with van der Waals surface area (Å²) in [6, 6.07) is 9.16. The number of aromatic nitrogens is 3. The summed E-state index contributed by atoms with van der Waals surface area (Å²) in [4.78, 5) is 11.7. The summed E-state index contributed by atoms with van der Waals surface area (Å²) in [5, 5.41) is 6.23. The average molecular weight is 335 g/mol. The Morgan fingerprint density at radius 1 is 1.28 bits per heavy atom. The Morgan fingerprint density at radius 3 is 2.80 bits per heavy atom. The molecular weight excluding hydrogens is 316 g/mol. The van der Waals surface area contributed by atoms with Gasteiger partial charge in [-0.15, -0.1) is 0 Å². The van der Waals surface area contributed by atoms with Crippen molar-refractivity contribution in [3.05, 3.63) is 65.8 Å². The van der Waals surface area contributed by atoms with Crippen molar-refractivity contribution in [3.8, 4) is 5.75 Å². The molecule has 126 valence electrons. The topological polar surface area (TPSA) is 128 Å². The van der Waals surface area contributed by atoms with Crippen LogP contribution in [0.25, 0.3) is 17.1 Å². The van der Waals surface area contributed by atoms with Gasteiger partial charge in [-0.25, -0.2) is 9.97 Å².